The van der Waals surface area contributed by atoms with Gasteiger partial charge in [-0.3, -0.25) is 9.05 Å². The summed E-state index contributed by atoms with van der Waals surface area (Å²) >= 11 is 0. The molecular formula is C14H27O4P. The normalized spacial score (nSPS) is 21.1. The summed E-state index contributed by atoms with van der Waals surface area (Å²) in [7, 11) is -3.42. The van der Waals surface area contributed by atoms with Crippen LogP contribution in [0.1, 0.15) is 53.9 Å². The molecular weight excluding hydrogens is 263 g/mol. The average molecular weight is 290 g/mol. The first kappa shape index (κ1) is 16.7. The molecule has 0 aromatic rings. The lowest BCUT2D eigenvalue weighted by atomic mass is 9.74. The van der Waals surface area contributed by atoms with Gasteiger partial charge in [-0.15, -0.1) is 0 Å². The lowest BCUT2D eigenvalue weighted by molar-refractivity contribution is 0.135. The molecule has 0 heterocycles. The van der Waals surface area contributed by atoms with E-state index >= 15 is 0 Å². The van der Waals surface area contributed by atoms with E-state index in [4.69, 9.17) is 13.6 Å². The average Bonchev–Trinajstić information content (AvgIpc) is 2.28. The molecule has 0 saturated heterocycles. The summed E-state index contributed by atoms with van der Waals surface area (Å²) in [5.74, 6) is 1.38. The van der Waals surface area contributed by atoms with Crippen molar-refractivity contribution in [1.82, 2.24) is 0 Å². The summed E-state index contributed by atoms with van der Waals surface area (Å²) in [6.07, 6.45) is 4.83. The van der Waals surface area contributed by atoms with E-state index in [1.165, 1.54) is 0 Å². The van der Waals surface area contributed by atoms with Gasteiger partial charge in [-0.25, -0.2) is 4.57 Å². The van der Waals surface area contributed by atoms with Crippen molar-refractivity contribution in [2.45, 2.75) is 53.9 Å². The van der Waals surface area contributed by atoms with Gasteiger partial charge in [0.25, 0.3) is 0 Å². The third-order valence-corrected chi connectivity index (χ3v) is 5.00. The molecule has 0 spiro atoms. The molecule has 0 aliphatic heterocycles. The quantitative estimate of drug-likeness (QED) is 0.652. The molecule has 0 radical (unpaired) electrons. The van der Waals surface area contributed by atoms with Crippen molar-refractivity contribution in [2.75, 3.05) is 13.2 Å². The first-order valence-corrected chi connectivity index (χ1v) is 8.54. The summed E-state index contributed by atoms with van der Waals surface area (Å²) in [5, 5.41) is 0. The molecule has 0 fully saturated rings. The summed E-state index contributed by atoms with van der Waals surface area (Å²) in [6, 6.07) is 0. The molecule has 0 aromatic carbocycles. The van der Waals surface area contributed by atoms with E-state index in [1.54, 1.807) is 13.8 Å². The van der Waals surface area contributed by atoms with Crippen molar-refractivity contribution in [1.29, 1.82) is 0 Å². The molecule has 0 bridgehead atoms. The first-order valence-electron chi connectivity index (χ1n) is 7.08. The maximum absolute atomic E-state index is 12.3. The molecule has 0 saturated carbocycles. The Balaban J connectivity index is 2.63. The second-order valence-corrected chi connectivity index (χ2v) is 7.48. The van der Waals surface area contributed by atoms with Gasteiger partial charge in [0.2, 0.25) is 0 Å². The second-order valence-electron chi connectivity index (χ2n) is 5.88. The van der Waals surface area contributed by atoms with Crippen LogP contribution in [0.15, 0.2) is 11.8 Å². The van der Waals surface area contributed by atoms with E-state index in [0.717, 1.165) is 25.0 Å². The minimum atomic E-state index is -3.42. The largest absolute Gasteiger partial charge is 0.529 e. The van der Waals surface area contributed by atoms with Crippen molar-refractivity contribution in [2.24, 2.45) is 11.3 Å². The van der Waals surface area contributed by atoms with E-state index in [0.29, 0.717) is 24.5 Å². The van der Waals surface area contributed by atoms with E-state index in [2.05, 4.69) is 20.8 Å². The Hall–Kier alpha value is -0.310. The fourth-order valence-corrected chi connectivity index (χ4v) is 3.49. The van der Waals surface area contributed by atoms with Gasteiger partial charge in [-0.1, -0.05) is 20.8 Å². The van der Waals surface area contributed by atoms with Crippen LogP contribution in [0.3, 0.4) is 0 Å². The molecule has 4 nitrogen and oxygen atoms in total. The minimum absolute atomic E-state index is 0.297. The Labute approximate surface area is 117 Å². The van der Waals surface area contributed by atoms with Crippen molar-refractivity contribution in [3.8, 4) is 0 Å². The number of hydrogen-bond donors (Lipinski definition) is 0. The van der Waals surface area contributed by atoms with Crippen LogP contribution in [0.2, 0.25) is 0 Å². The van der Waals surface area contributed by atoms with Crippen molar-refractivity contribution >= 4 is 7.82 Å². The number of rotatable bonds is 6. The van der Waals surface area contributed by atoms with Gasteiger partial charge in [0.1, 0.15) is 5.76 Å². The van der Waals surface area contributed by atoms with E-state index in [-0.39, 0.29) is 0 Å². The van der Waals surface area contributed by atoms with Crippen LogP contribution in [0.5, 0.6) is 0 Å². The zero-order chi connectivity index (χ0) is 14.5. The van der Waals surface area contributed by atoms with Crippen LogP contribution in [0, 0.1) is 11.3 Å². The van der Waals surface area contributed by atoms with E-state index in [1.807, 2.05) is 6.08 Å². The molecule has 0 N–H and O–H groups in total. The number of allylic oxidation sites excluding steroid dienone is 2. The maximum atomic E-state index is 12.3. The molecule has 5 heteroatoms. The lowest BCUT2D eigenvalue weighted by Gasteiger charge is -2.33. The third-order valence-electron chi connectivity index (χ3n) is 3.40. The van der Waals surface area contributed by atoms with Crippen LogP contribution in [0.4, 0.5) is 0 Å². The molecule has 1 atom stereocenters. The van der Waals surface area contributed by atoms with Gasteiger partial charge >= 0.3 is 7.82 Å². The maximum Gasteiger partial charge on any atom is 0.529 e. The number of phosphoric ester groups is 1. The highest BCUT2D eigenvalue weighted by atomic mass is 31.2. The van der Waals surface area contributed by atoms with Gasteiger partial charge in [-0.2, -0.15) is 0 Å². The fraction of sp³-hybridized carbons (Fsp3) is 0.857. The summed E-state index contributed by atoms with van der Waals surface area (Å²) in [4.78, 5) is 0. The fourth-order valence-electron chi connectivity index (χ4n) is 2.23. The Bertz CT molecular complexity index is 347. The summed E-state index contributed by atoms with van der Waals surface area (Å²) in [5.41, 5.74) is 0.297. The monoisotopic (exact) mass is 290 g/mol. The molecule has 112 valence electrons. The summed E-state index contributed by atoms with van der Waals surface area (Å²) < 4.78 is 28.0. The Morgan fingerprint density at radius 2 is 1.84 bits per heavy atom. The smallest absolute Gasteiger partial charge is 0.409 e. The van der Waals surface area contributed by atoms with Crippen LogP contribution >= 0.6 is 7.82 Å². The standard InChI is InChI=1S/C14H27O4P/c1-6-16-19(15,17-7-2)18-13-10-8-12(9-11-13)14(3,4)5/h10,12H,6-9,11H2,1-5H3. The van der Waals surface area contributed by atoms with Gasteiger partial charge in [0.05, 0.1) is 13.2 Å². The zero-order valence-corrected chi connectivity index (χ0v) is 13.7. The first-order chi connectivity index (χ1) is 8.80. The summed E-state index contributed by atoms with van der Waals surface area (Å²) in [6.45, 7) is 10.9. The molecule has 1 unspecified atom stereocenters. The zero-order valence-electron chi connectivity index (χ0n) is 12.8. The SMILES string of the molecule is CCOP(=O)(OCC)OC1=CCC(C(C)(C)C)CC1. The predicted molar refractivity (Wildman–Crippen MR) is 76.8 cm³/mol. The lowest BCUT2D eigenvalue weighted by Crippen LogP contribution is -2.22. The highest BCUT2D eigenvalue weighted by Crippen LogP contribution is 2.52. The topological polar surface area (TPSA) is 44.8 Å². The highest BCUT2D eigenvalue weighted by Gasteiger charge is 2.32. The van der Waals surface area contributed by atoms with E-state index < -0.39 is 7.82 Å². The van der Waals surface area contributed by atoms with Crippen LogP contribution in [0.25, 0.3) is 0 Å². The van der Waals surface area contributed by atoms with Crippen molar-refractivity contribution in [3.05, 3.63) is 11.8 Å². The number of hydrogen-bond acceptors (Lipinski definition) is 4. The molecule has 1 rings (SSSR count). The molecule has 1 aliphatic rings. The van der Waals surface area contributed by atoms with Gasteiger partial charge in [-0.05, 0) is 44.1 Å². The van der Waals surface area contributed by atoms with Crippen LogP contribution in [-0.2, 0) is 18.1 Å². The second kappa shape index (κ2) is 6.92. The Morgan fingerprint density at radius 1 is 1.26 bits per heavy atom. The molecule has 19 heavy (non-hydrogen) atoms. The predicted octanol–water partition coefficient (Wildman–Crippen LogP) is 4.91. The van der Waals surface area contributed by atoms with E-state index in [9.17, 15) is 4.57 Å². The van der Waals surface area contributed by atoms with Gasteiger partial charge in [0, 0.05) is 6.42 Å². The Morgan fingerprint density at radius 3 is 2.21 bits per heavy atom. The minimum Gasteiger partial charge on any atom is -0.409 e. The Kier molecular flexibility index (Phi) is 6.10. The highest BCUT2D eigenvalue weighted by molar-refractivity contribution is 7.48. The number of phosphoric acid groups is 1. The van der Waals surface area contributed by atoms with Crippen LogP contribution < -0.4 is 0 Å². The van der Waals surface area contributed by atoms with Gasteiger partial charge in [0.15, 0.2) is 0 Å². The third kappa shape index (κ3) is 5.29. The van der Waals surface area contributed by atoms with Crippen molar-refractivity contribution in [3.63, 3.8) is 0 Å². The molecule has 0 amide bonds. The molecule has 1 aliphatic carbocycles. The van der Waals surface area contributed by atoms with Crippen LogP contribution in [-0.4, -0.2) is 13.2 Å². The molecule has 0 aromatic heterocycles. The van der Waals surface area contributed by atoms with Crippen molar-refractivity contribution < 1.29 is 18.1 Å². The van der Waals surface area contributed by atoms with Gasteiger partial charge < -0.3 is 4.52 Å².